The quantitative estimate of drug-likeness (QED) is 0.470. The van der Waals surface area contributed by atoms with Crippen LogP contribution in [0.1, 0.15) is 11.1 Å². The largest absolute Gasteiger partial charge is 0.366 e. The van der Waals surface area contributed by atoms with Gasteiger partial charge in [-0.15, -0.1) is 0 Å². The molecule has 2 aromatic heterocycles. The summed E-state index contributed by atoms with van der Waals surface area (Å²) in [5, 5.41) is 7.92. The summed E-state index contributed by atoms with van der Waals surface area (Å²) in [5.41, 5.74) is 3.69. The number of hydrogen-bond acceptors (Lipinski definition) is 4. The second kappa shape index (κ2) is 7.70. The summed E-state index contributed by atoms with van der Waals surface area (Å²) < 4.78 is 0. The van der Waals surface area contributed by atoms with Gasteiger partial charge in [0.1, 0.15) is 5.82 Å². The average Bonchev–Trinajstić information content (AvgIpc) is 3.11. The summed E-state index contributed by atoms with van der Waals surface area (Å²) >= 11 is 0. The lowest BCUT2D eigenvalue weighted by Crippen LogP contribution is -2.09. The van der Waals surface area contributed by atoms with Crippen LogP contribution in [0, 0.1) is 0 Å². The van der Waals surface area contributed by atoms with Gasteiger partial charge >= 0.3 is 0 Å². The summed E-state index contributed by atoms with van der Waals surface area (Å²) in [6.45, 7) is 1.52. The van der Waals surface area contributed by atoms with E-state index >= 15 is 0 Å². The standard InChI is InChI=1S/C21H21N5/c1-2-6-16(7-3-1)14-25-20-11-13-23-21(26-20)22-12-10-17-15-24-19-9-5-4-8-18(17)19/h1-9,11,13,15,24H,10,12,14H2,(H2,22,23,25,26). The molecule has 0 fully saturated rings. The summed E-state index contributed by atoms with van der Waals surface area (Å²) in [6.07, 6.45) is 4.76. The van der Waals surface area contributed by atoms with Crippen LogP contribution >= 0.6 is 0 Å². The Morgan fingerprint density at radius 2 is 1.73 bits per heavy atom. The highest BCUT2D eigenvalue weighted by Crippen LogP contribution is 2.18. The molecule has 4 aromatic rings. The van der Waals surface area contributed by atoms with E-state index in [0.29, 0.717) is 5.95 Å². The van der Waals surface area contributed by atoms with Crippen molar-refractivity contribution in [3.63, 3.8) is 0 Å². The zero-order valence-corrected chi connectivity index (χ0v) is 14.4. The third-order valence-corrected chi connectivity index (χ3v) is 4.32. The van der Waals surface area contributed by atoms with Crippen LogP contribution in [-0.4, -0.2) is 21.5 Å². The van der Waals surface area contributed by atoms with E-state index in [0.717, 1.165) is 25.3 Å². The molecule has 0 saturated carbocycles. The number of rotatable bonds is 7. The second-order valence-electron chi connectivity index (χ2n) is 6.14. The maximum atomic E-state index is 4.53. The maximum absolute atomic E-state index is 4.53. The molecule has 5 nitrogen and oxygen atoms in total. The van der Waals surface area contributed by atoms with Gasteiger partial charge in [0.25, 0.3) is 0 Å². The van der Waals surface area contributed by atoms with Crippen molar-refractivity contribution >= 4 is 22.7 Å². The third-order valence-electron chi connectivity index (χ3n) is 4.32. The molecule has 0 aliphatic heterocycles. The molecule has 2 heterocycles. The number of nitrogens with zero attached hydrogens (tertiary/aromatic N) is 2. The predicted octanol–water partition coefficient (Wildman–Crippen LogP) is 4.22. The fourth-order valence-electron chi connectivity index (χ4n) is 2.98. The zero-order chi connectivity index (χ0) is 17.6. The van der Waals surface area contributed by atoms with Crippen molar-refractivity contribution in [3.05, 3.63) is 84.2 Å². The van der Waals surface area contributed by atoms with Crippen LogP contribution in [0.2, 0.25) is 0 Å². The van der Waals surface area contributed by atoms with Gasteiger partial charge in [-0.25, -0.2) is 4.98 Å². The third kappa shape index (κ3) is 3.83. The molecule has 130 valence electrons. The lowest BCUT2D eigenvalue weighted by molar-refractivity contribution is 0.985. The Hall–Kier alpha value is -3.34. The Balaban J connectivity index is 1.33. The van der Waals surface area contributed by atoms with Crippen LogP contribution in [0.25, 0.3) is 10.9 Å². The van der Waals surface area contributed by atoms with Crippen LogP contribution in [-0.2, 0) is 13.0 Å². The smallest absolute Gasteiger partial charge is 0.224 e. The number of fused-ring (bicyclic) bond motifs is 1. The number of H-pyrrole nitrogens is 1. The van der Waals surface area contributed by atoms with E-state index in [9.17, 15) is 0 Å². The van der Waals surface area contributed by atoms with Gasteiger partial charge < -0.3 is 15.6 Å². The van der Waals surface area contributed by atoms with Gasteiger partial charge in [-0.1, -0.05) is 48.5 Å². The van der Waals surface area contributed by atoms with Crippen molar-refractivity contribution in [1.82, 2.24) is 15.0 Å². The average molecular weight is 343 g/mol. The lowest BCUT2D eigenvalue weighted by atomic mass is 10.1. The highest BCUT2D eigenvalue weighted by Gasteiger charge is 2.04. The number of hydrogen-bond donors (Lipinski definition) is 3. The molecule has 2 aromatic carbocycles. The molecule has 5 heteroatoms. The Morgan fingerprint density at radius 3 is 2.65 bits per heavy atom. The molecule has 4 rings (SSSR count). The van der Waals surface area contributed by atoms with Gasteiger partial charge in [0.05, 0.1) is 0 Å². The monoisotopic (exact) mass is 343 g/mol. The molecule has 0 aliphatic rings. The molecule has 3 N–H and O–H groups in total. The molecular weight excluding hydrogens is 322 g/mol. The molecule has 0 spiro atoms. The van der Waals surface area contributed by atoms with Gasteiger partial charge in [0.15, 0.2) is 0 Å². The van der Waals surface area contributed by atoms with E-state index in [1.54, 1.807) is 6.20 Å². The minimum absolute atomic E-state index is 0.642. The first-order valence-electron chi connectivity index (χ1n) is 8.78. The minimum atomic E-state index is 0.642. The maximum Gasteiger partial charge on any atom is 0.224 e. The first kappa shape index (κ1) is 16.1. The van der Waals surface area contributed by atoms with Crippen molar-refractivity contribution in [3.8, 4) is 0 Å². The van der Waals surface area contributed by atoms with Crippen LogP contribution in [0.5, 0.6) is 0 Å². The van der Waals surface area contributed by atoms with Gasteiger partial charge in [0, 0.05) is 36.4 Å². The van der Waals surface area contributed by atoms with Crippen LogP contribution < -0.4 is 10.6 Å². The van der Waals surface area contributed by atoms with E-state index in [1.807, 2.05) is 30.3 Å². The molecule has 0 amide bonds. The fraction of sp³-hybridized carbons (Fsp3) is 0.143. The minimum Gasteiger partial charge on any atom is -0.366 e. The Labute approximate surface area is 152 Å². The SMILES string of the molecule is c1ccc(CNc2ccnc(NCCc3c[nH]c4ccccc34)n2)cc1. The molecular formula is C21H21N5. The van der Waals surface area contributed by atoms with E-state index in [4.69, 9.17) is 0 Å². The van der Waals surface area contributed by atoms with Crippen molar-refractivity contribution in [2.24, 2.45) is 0 Å². The summed E-state index contributed by atoms with van der Waals surface area (Å²) in [7, 11) is 0. The van der Waals surface area contributed by atoms with E-state index in [2.05, 4.69) is 62.1 Å². The molecule has 0 atom stereocenters. The number of nitrogens with one attached hydrogen (secondary N) is 3. The van der Waals surface area contributed by atoms with Gasteiger partial charge in [0.2, 0.25) is 5.95 Å². The number of aromatic nitrogens is 3. The first-order chi connectivity index (χ1) is 12.9. The molecule has 0 saturated heterocycles. The van der Waals surface area contributed by atoms with E-state index in [-0.39, 0.29) is 0 Å². The highest BCUT2D eigenvalue weighted by molar-refractivity contribution is 5.83. The Bertz CT molecular complexity index is 978. The first-order valence-corrected chi connectivity index (χ1v) is 8.78. The van der Waals surface area contributed by atoms with Crippen LogP contribution in [0.4, 0.5) is 11.8 Å². The van der Waals surface area contributed by atoms with E-state index in [1.165, 1.54) is 22.0 Å². The number of benzene rings is 2. The topological polar surface area (TPSA) is 65.6 Å². The van der Waals surface area contributed by atoms with Crippen molar-refractivity contribution in [2.45, 2.75) is 13.0 Å². The second-order valence-corrected chi connectivity index (χ2v) is 6.14. The number of aromatic amines is 1. The van der Waals surface area contributed by atoms with Gasteiger partial charge in [-0.3, -0.25) is 0 Å². The number of para-hydroxylation sites is 1. The predicted molar refractivity (Wildman–Crippen MR) is 106 cm³/mol. The summed E-state index contributed by atoms with van der Waals surface area (Å²) in [4.78, 5) is 12.1. The van der Waals surface area contributed by atoms with Crippen LogP contribution in [0.3, 0.4) is 0 Å². The molecule has 0 unspecified atom stereocenters. The van der Waals surface area contributed by atoms with Gasteiger partial charge in [-0.05, 0) is 29.7 Å². The molecule has 0 bridgehead atoms. The summed E-state index contributed by atoms with van der Waals surface area (Å²) in [6, 6.07) is 20.5. The fourth-order valence-corrected chi connectivity index (χ4v) is 2.98. The highest BCUT2D eigenvalue weighted by atomic mass is 15.1. The van der Waals surface area contributed by atoms with Crippen molar-refractivity contribution < 1.29 is 0 Å². The normalized spacial score (nSPS) is 10.8. The van der Waals surface area contributed by atoms with Crippen molar-refractivity contribution in [1.29, 1.82) is 0 Å². The zero-order valence-electron chi connectivity index (χ0n) is 14.4. The van der Waals surface area contributed by atoms with Crippen molar-refractivity contribution in [2.75, 3.05) is 17.2 Å². The van der Waals surface area contributed by atoms with E-state index < -0.39 is 0 Å². The lowest BCUT2D eigenvalue weighted by Gasteiger charge is -2.08. The molecule has 0 aliphatic carbocycles. The summed E-state index contributed by atoms with van der Waals surface area (Å²) in [5.74, 6) is 1.46. The Morgan fingerprint density at radius 1 is 0.885 bits per heavy atom. The molecule has 0 radical (unpaired) electrons. The van der Waals surface area contributed by atoms with Crippen LogP contribution in [0.15, 0.2) is 73.1 Å². The molecule has 26 heavy (non-hydrogen) atoms. The number of anilines is 2. The van der Waals surface area contributed by atoms with Gasteiger partial charge in [-0.2, -0.15) is 4.98 Å². The Kier molecular flexibility index (Phi) is 4.78.